The smallest absolute Gasteiger partial charge is 0.391 e. The van der Waals surface area contributed by atoms with Crippen molar-refractivity contribution in [3.05, 3.63) is 179 Å². The van der Waals surface area contributed by atoms with Crippen molar-refractivity contribution in [1.29, 1.82) is 0 Å². The van der Waals surface area contributed by atoms with Crippen LogP contribution in [-0.4, -0.2) is 6.03 Å². The Morgan fingerprint density at radius 3 is 1.33 bits per heavy atom. The molecule has 0 radical (unpaired) electrons. The molecule has 70 heavy (non-hydrogen) atoms. The molecular formula is C51H31F12N2O4P. The highest BCUT2D eigenvalue weighted by molar-refractivity contribution is 7.32. The third kappa shape index (κ3) is 9.68. The summed E-state index contributed by atoms with van der Waals surface area (Å²) < 4.78 is 192. The number of hydrogen-bond acceptors (Lipinski definition) is 4. The van der Waals surface area contributed by atoms with Crippen LogP contribution in [0.5, 0.6) is 5.75 Å². The highest BCUT2D eigenvalue weighted by Crippen LogP contribution is 2.50. The number of amides is 2. The normalized spacial score (nSPS) is 12.9. The van der Waals surface area contributed by atoms with Crippen molar-refractivity contribution in [3.8, 4) is 28.0 Å². The predicted molar refractivity (Wildman–Crippen MR) is 242 cm³/mol. The Morgan fingerprint density at radius 2 is 0.914 bits per heavy atom. The van der Waals surface area contributed by atoms with Crippen LogP contribution in [0.15, 0.2) is 160 Å². The molecule has 1 aromatic heterocycles. The number of nitrogens with one attached hydrogen (secondary N) is 2. The van der Waals surface area contributed by atoms with E-state index in [0.717, 1.165) is 5.56 Å². The SMILES string of the molecule is C[C@@H](NC(=O)Nc1ccc(Op2oc3c(-c4cc(C(F)(F)F)cc(C(F)(F)F)c4)cc4ccccc4c3c3c(o2)c(-c2cc(C(F)(F)F)cc(C(F)(F)F)c2)cc2ccccc23)cc1)c1ccccc1. The topological polar surface area (TPSA) is 76.6 Å². The average molecular weight is 995 g/mol. The molecule has 8 aromatic carbocycles. The fourth-order valence-corrected chi connectivity index (χ4v) is 9.15. The summed E-state index contributed by atoms with van der Waals surface area (Å²) in [4.78, 5) is 12.9. The minimum atomic E-state index is -5.27. The van der Waals surface area contributed by atoms with Gasteiger partial charge >= 0.3 is 39.0 Å². The van der Waals surface area contributed by atoms with Crippen molar-refractivity contribution < 1.29 is 70.4 Å². The van der Waals surface area contributed by atoms with Crippen molar-refractivity contribution in [1.82, 2.24) is 5.32 Å². The van der Waals surface area contributed by atoms with Gasteiger partial charge in [0.15, 0.2) is 11.2 Å². The van der Waals surface area contributed by atoms with Crippen LogP contribution in [0.2, 0.25) is 0 Å². The quantitative estimate of drug-likeness (QED) is 0.156. The molecule has 0 spiro atoms. The molecule has 9 rings (SSSR count). The Bertz CT molecular complexity index is 3270. The van der Waals surface area contributed by atoms with E-state index in [1.807, 2.05) is 18.2 Å². The lowest BCUT2D eigenvalue weighted by atomic mass is 9.90. The second-order valence-corrected chi connectivity index (χ2v) is 17.0. The molecular weight excluding hydrogens is 964 g/mol. The number of fused-ring (bicyclic) bond motifs is 7. The first-order chi connectivity index (χ1) is 33.0. The van der Waals surface area contributed by atoms with Gasteiger partial charge in [-0.15, -0.1) is 0 Å². The van der Waals surface area contributed by atoms with Gasteiger partial charge in [-0.1, -0.05) is 78.9 Å². The van der Waals surface area contributed by atoms with Crippen LogP contribution in [-0.2, 0) is 24.7 Å². The number of alkyl halides is 12. The van der Waals surface area contributed by atoms with Crippen LogP contribution in [0.25, 0.3) is 65.7 Å². The second-order valence-electron chi connectivity index (χ2n) is 16.0. The van der Waals surface area contributed by atoms with Gasteiger partial charge in [0.05, 0.1) is 28.3 Å². The minimum Gasteiger partial charge on any atom is -0.391 e. The van der Waals surface area contributed by atoms with Gasteiger partial charge in [0, 0.05) is 27.6 Å². The molecule has 6 nitrogen and oxygen atoms in total. The Kier molecular flexibility index (Phi) is 12.0. The van der Waals surface area contributed by atoms with Crippen molar-refractivity contribution in [2.24, 2.45) is 0 Å². The Labute approximate surface area is 388 Å². The van der Waals surface area contributed by atoms with Crippen molar-refractivity contribution in [3.63, 3.8) is 0 Å². The molecule has 0 bridgehead atoms. The minimum absolute atomic E-state index is 0.0426. The summed E-state index contributed by atoms with van der Waals surface area (Å²) in [7, 11) is -3.05. The van der Waals surface area contributed by atoms with E-state index in [0.29, 0.717) is 24.3 Å². The van der Waals surface area contributed by atoms with Gasteiger partial charge in [0.25, 0.3) is 0 Å². The van der Waals surface area contributed by atoms with E-state index in [1.165, 1.54) is 48.5 Å². The average Bonchev–Trinajstić information content (AvgIpc) is 3.48. The summed E-state index contributed by atoms with van der Waals surface area (Å²) >= 11 is 0. The van der Waals surface area contributed by atoms with Gasteiger partial charge < -0.3 is 23.6 Å². The standard InChI is InChI=1S/C51H31F12N2O4P/c1-27(28-9-3-2-4-10-28)64-47(66)65-37-15-17-38(18-16-37)67-70-68-45-41(31-19-33(48(52,53)54)25-34(20-31)49(55,56)57)23-29-11-5-7-13-39(29)43(45)44-40-14-8-6-12-30(40)24-42(46(44)69-70)32-21-35(50(58,59)60)26-36(22-32)51(61,62)63/h2-27H,1H3,(H2,64,65,66)/t27-/m1/s1. The summed E-state index contributed by atoms with van der Waals surface area (Å²) in [5, 5.41) is 6.36. The molecule has 1 atom stereocenters. The van der Waals surface area contributed by atoms with E-state index in [1.54, 1.807) is 55.5 Å². The Balaban J connectivity index is 1.34. The number of carbonyl (C=O) groups is 1. The molecule has 2 N–H and O–H groups in total. The van der Waals surface area contributed by atoms with E-state index in [4.69, 9.17) is 12.9 Å². The number of anilines is 1. The molecule has 0 fully saturated rings. The van der Waals surface area contributed by atoms with Crippen molar-refractivity contribution in [2.75, 3.05) is 5.32 Å². The molecule has 0 unspecified atom stereocenters. The van der Waals surface area contributed by atoms with Crippen LogP contribution in [0.4, 0.5) is 63.2 Å². The Hall–Kier alpha value is -7.59. The monoisotopic (exact) mass is 994 g/mol. The highest BCUT2D eigenvalue weighted by Gasteiger charge is 2.39. The summed E-state index contributed by atoms with van der Waals surface area (Å²) in [5.74, 6) is -0.0544. The maximum absolute atomic E-state index is 14.4. The fourth-order valence-electron chi connectivity index (χ4n) is 8.07. The lowest BCUT2D eigenvalue weighted by Gasteiger charge is -2.16. The lowest BCUT2D eigenvalue weighted by molar-refractivity contribution is -0.144. The first-order valence-electron chi connectivity index (χ1n) is 20.8. The zero-order valence-electron chi connectivity index (χ0n) is 35.6. The molecule has 19 heteroatoms. The molecule has 0 aliphatic rings. The highest BCUT2D eigenvalue weighted by atomic mass is 31.1. The molecule has 0 aliphatic carbocycles. The molecule has 2 amide bonds. The summed E-state index contributed by atoms with van der Waals surface area (Å²) in [6, 6.07) is 30.4. The first-order valence-corrected chi connectivity index (χ1v) is 21.9. The maximum Gasteiger partial charge on any atom is 0.453 e. The maximum atomic E-state index is 14.4. The third-order valence-corrected chi connectivity index (χ3v) is 12.3. The van der Waals surface area contributed by atoms with Gasteiger partial charge in [0.2, 0.25) is 0 Å². The summed E-state index contributed by atoms with van der Waals surface area (Å²) in [5.41, 5.74) is -8.22. The van der Waals surface area contributed by atoms with Gasteiger partial charge in [-0.2, -0.15) is 52.7 Å². The first kappa shape index (κ1) is 47.5. The van der Waals surface area contributed by atoms with Crippen LogP contribution in [0.3, 0.4) is 0 Å². The molecule has 358 valence electrons. The van der Waals surface area contributed by atoms with E-state index in [9.17, 15) is 57.5 Å². The molecule has 1 heterocycles. The number of rotatable bonds is 7. The number of halogens is 12. The summed E-state index contributed by atoms with van der Waals surface area (Å²) in [6.45, 7) is 1.77. The molecule has 9 aromatic rings. The Morgan fingerprint density at radius 1 is 0.514 bits per heavy atom. The number of urea groups is 1. The van der Waals surface area contributed by atoms with Crippen LogP contribution >= 0.6 is 8.24 Å². The van der Waals surface area contributed by atoms with Gasteiger partial charge in [-0.05, 0) is 118 Å². The van der Waals surface area contributed by atoms with Crippen LogP contribution < -0.4 is 15.2 Å². The van der Waals surface area contributed by atoms with E-state index >= 15 is 0 Å². The van der Waals surface area contributed by atoms with Gasteiger partial charge in [-0.25, -0.2) is 4.79 Å². The summed E-state index contributed by atoms with van der Waals surface area (Å²) in [6.07, 6.45) is -21.1. The number of carbonyl (C=O) groups excluding carboxylic acids is 1. The van der Waals surface area contributed by atoms with Crippen LogP contribution in [0, 0.1) is 0 Å². The number of benzene rings is 8. The number of hydrogen-bond donors (Lipinski definition) is 2. The largest absolute Gasteiger partial charge is 0.453 e. The third-order valence-electron chi connectivity index (χ3n) is 11.3. The van der Waals surface area contributed by atoms with Crippen molar-refractivity contribution >= 4 is 63.4 Å². The van der Waals surface area contributed by atoms with Crippen molar-refractivity contribution in [2.45, 2.75) is 37.7 Å². The van der Waals surface area contributed by atoms with Gasteiger partial charge in [-0.3, -0.25) is 0 Å². The molecule has 0 aliphatic heterocycles. The second kappa shape index (κ2) is 17.7. The zero-order chi connectivity index (χ0) is 49.9. The van der Waals surface area contributed by atoms with Gasteiger partial charge in [0.1, 0.15) is 5.75 Å². The zero-order valence-corrected chi connectivity index (χ0v) is 36.5. The fraction of sp³-hybridized carbons (Fsp3) is 0.118. The lowest BCUT2D eigenvalue weighted by Crippen LogP contribution is -2.31. The van der Waals surface area contributed by atoms with E-state index in [2.05, 4.69) is 10.6 Å². The molecule has 0 saturated carbocycles. The van der Waals surface area contributed by atoms with E-state index in [-0.39, 0.29) is 78.2 Å². The molecule has 0 saturated heterocycles. The predicted octanol–water partition coefficient (Wildman–Crippen LogP) is 17.7. The van der Waals surface area contributed by atoms with E-state index < -0.39 is 78.4 Å². The van der Waals surface area contributed by atoms with Crippen LogP contribution in [0.1, 0.15) is 40.8 Å².